The van der Waals surface area contributed by atoms with Crippen LogP contribution in [0.4, 0.5) is 4.39 Å². The van der Waals surface area contributed by atoms with Gasteiger partial charge in [-0.25, -0.2) is 9.18 Å². The fraction of sp³-hybridized carbons (Fsp3) is 0.263. The second-order valence-electron chi connectivity index (χ2n) is 5.64. The molecule has 0 heterocycles. The summed E-state index contributed by atoms with van der Waals surface area (Å²) in [5.74, 6) is -2.01. The van der Waals surface area contributed by atoms with Crippen molar-refractivity contribution < 1.29 is 18.7 Å². The minimum atomic E-state index is -0.872. The van der Waals surface area contributed by atoms with E-state index in [1.54, 1.807) is 0 Å². The molecule has 0 saturated carbocycles. The number of hydrogen-bond donors (Lipinski definition) is 1. The van der Waals surface area contributed by atoms with E-state index in [1.807, 2.05) is 38.1 Å². The molecule has 132 valence electrons. The molecule has 6 heteroatoms. The predicted octanol–water partition coefficient (Wildman–Crippen LogP) is 4.32. The average molecular weight is 408 g/mol. The van der Waals surface area contributed by atoms with Crippen molar-refractivity contribution in [2.45, 2.75) is 26.3 Å². The van der Waals surface area contributed by atoms with Gasteiger partial charge >= 0.3 is 5.97 Å². The van der Waals surface area contributed by atoms with Gasteiger partial charge in [0.1, 0.15) is 5.82 Å². The molecule has 1 atom stereocenters. The van der Waals surface area contributed by atoms with Gasteiger partial charge in [-0.2, -0.15) is 0 Å². The average Bonchev–Trinajstić information content (AvgIpc) is 2.58. The van der Waals surface area contributed by atoms with Gasteiger partial charge in [-0.1, -0.05) is 52.7 Å². The Hall–Kier alpha value is -2.21. The van der Waals surface area contributed by atoms with E-state index < -0.39 is 24.3 Å². The molecule has 25 heavy (non-hydrogen) atoms. The fourth-order valence-electron chi connectivity index (χ4n) is 2.32. The minimum absolute atomic E-state index is 0.170. The summed E-state index contributed by atoms with van der Waals surface area (Å²) >= 11 is 3.11. The first-order valence-electron chi connectivity index (χ1n) is 7.88. The van der Waals surface area contributed by atoms with E-state index in [0.29, 0.717) is 10.9 Å². The molecule has 0 unspecified atom stereocenters. The van der Waals surface area contributed by atoms with Gasteiger partial charge in [-0.3, -0.25) is 4.79 Å². The third-order valence-electron chi connectivity index (χ3n) is 3.71. The van der Waals surface area contributed by atoms with Crippen LogP contribution in [0.2, 0.25) is 0 Å². The van der Waals surface area contributed by atoms with Gasteiger partial charge in [-0.15, -0.1) is 0 Å². The first kappa shape index (κ1) is 19.1. The number of halogens is 2. The van der Waals surface area contributed by atoms with Crippen molar-refractivity contribution in [2.75, 3.05) is 6.61 Å². The summed E-state index contributed by atoms with van der Waals surface area (Å²) in [6.45, 7) is 3.48. The summed E-state index contributed by atoms with van der Waals surface area (Å²) in [5.41, 5.74) is 1.91. The Bertz CT molecular complexity index is 762. The van der Waals surface area contributed by atoms with Crippen LogP contribution in [0, 0.1) is 12.7 Å². The van der Waals surface area contributed by atoms with Crippen LogP contribution in [0.5, 0.6) is 0 Å². The molecule has 1 N–H and O–H groups in total. The van der Waals surface area contributed by atoms with Gasteiger partial charge in [-0.05, 0) is 37.1 Å². The molecular formula is C19H19BrFNO3. The van der Waals surface area contributed by atoms with Crippen LogP contribution in [0.15, 0.2) is 46.9 Å². The number of hydrogen-bond acceptors (Lipinski definition) is 3. The number of ether oxygens (including phenoxy) is 1. The van der Waals surface area contributed by atoms with Gasteiger partial charge in [0.15, 0.2) is 6.61 Å². The number of carbonyl (C=O) groups excluding carboxylic acids is 2. The summed E-state index contributed by atoms with van der Waals surface area (Å²) in [6.07, 6.45) is 0.698. The number of benzene rings is 2. The van der Waals surface area contributed by atoms with Crippen LogP contribution in [0.3, 0.4) is 0 Å². The van der Waals surface area contributed by atoms with Crippen molar-refractivity contribution in [3.8, 4) is 0 Å². The molecule has 0 radical (unpaired) electrons. The number of nitrogens with one attached hydrogen (secondary N) is 1. The van der Waals surface area contributed by atoms with Crippen molar-refractivity contribution in [1.29, 1.82) is 0 Å². The minimum Gasteiger partial charge on any atom is -0.452 e. The number of rotatable bonds is 6. The molecule has 2 rings (SSSR count). The van der Waals surface area contributed by atoms with Crippen LogP contribution in [-0.2, 0) is 9.53 Å². The Morgan fingerprint density at radius 2 is 1.88 bits per heavy atom. The first-order valence-corrected chi connectivity index (χ1v) is 8.68. The SMILES string of the molecule is CC[C@@H](NC(=O)COC(=O)c1ccc(Br)cc1F)c1ccc(C)cc1. The number of esters is 1. The fourth-order valence-corrected chi connectivity index (χ4v) is 2.65. The molecule has 0 spiro atoms. The lowest BCUT2D eigenvalue weighted by Gasteiger charge is -2.17. The van der Waals surface area contributed by atoms with E-state index in [-0.39, 0.29) is 11.6 Å². The van der Waals surface area contributed by atoms with E-state index in [1.165, 1.54) is 18.2 Å². The van der Waals surface area contributed by atoms with E-state index in [4.69, 9.17) is 4.74 Å². The third-order valence-corrected chi connectivity index (χ3v) is 4.20. The van der Waals surface area contributed by atoms with Crippen LogP contribution in [0.25, 0.3) is 0 Å². The molecule has 0 aliphatic heterocycles. The molecule has 0 aliphatic carbocycles. The predicted molar refractivity (Wildman–Crippen MR) is 96.7 cm³/mol. The Labute approximate surface area is 154 Å². The highest BCUT2D eigenvalue weighted by Crippen LogP contribution is 2.18. The van der Waals surface area contributed by atoms with Crippen LogP contribution >= 0.6 is 15.9 Å². The largest absolute Gasteiger partial charge is 0.452 e. The lowest BCUT2D eigenvalue weighted by Crippen LogP contribution is -2.32. The zero-order chi connectivity index (χ0) is 18.4. The molecular weight excluding hydrogens is 389 g/mol. The zero-order valence-corrected chi connectivity index (χ0v) is 15.6. The smallest absolute Gasteiger partial charge is 0.341 e. The maximum Gasteiger partial charge on any atom is 0.341 e. The molecule has 0 fully saturated rings. The summed E-state index contributed by atoms with van der Waals surface area (Å²) in [5, 5.41) is 2.82. The Kier molecular flexibility index (Phi) is 6.70. The summed E-state index contributed by atoms with van der Waals surface area (Å²) in [7, 11) is 0. The maximum absolute atomic E-state index is 13.7. The van der Waals surface area contributed by atoms with Crippen molar-refractivity contribution in [3.63, 3.8) is 0 Å². The van der Waals surface area contributed by atoms with E-state index >= 15 is 0 Å². The molecule has 0 aromatic heterocycles. The van der Waals surface area contributed by atoms with Gasteiger partial charge in [0, 0.05) is 4.47 Å². The summed E-state index contributed by atoms with van der Waals surface area (Å²) in [4.78, 5) is 23.9. The summed E-state index contributed by atoms with van der Waals surface area (Å²) < 4.78 is 19.1. The Morgan fingerprint density at radius 3 is 2.48 bits per heavy atom. The third kappa shape index (κ3) is 5.39. The highest BCUT2D eigenvalue weighted by Gasteiger charge is 2.17. The molecule has 4 nitrogen and oxygen atoms in total. The van der Waals surface area contributed by atoms with Gasteiger partial charge in [0.05, 0.1) is 11.6 Å². The molecule has 0 bridgehead atoms. The molecule has 2 aromatic carbocycles. The van der Waals surface area contributed by atoms with E-state index in [0.717, 1.165) is 11.1 Å². The molecule has 0 saturated heterocycles. The van der Waals surface area contributed by atoms with Crippen molar-refractivity contribution in [2.24, 2.45) is 0 Å². The lowest BCUT2D eigenvalue weighted by molar-refractivity contribution is -0.125. The van der Waals surface area contributed by atoms with E-state index in [2.05, 4.69) is 21.2 Å². The Morgan fingerprint density at radius 1 is 1.20 bits per heavy atom. The number of carbonyl (C=O) groups is 2. The zero-order valence-electron chi connectivity index (χ0n) is 14.0. The van der Waals surface area contributed by atoms with E-state index in [9.17, 15) is 14.0 Å². The highest BCUT2D eigenvalue weighted by molar-refractivity contribution is 9.10. The molecule has 1 amide bonds. The van der Waals surface area contributed by atoms with Crippen LogP contribution in [-0.4, -0.2) is 18.5 Å². The summed E-state index contributed by atoms with van der Waals surface area (Å²) in [6, 6.07) is 11.7. The lowest BCUT2D eigenvalue weighted by atomic mass is 10.0. The van der Waals surface area contributed by atoms with Gasteiger partial charge < -0.3 is 10.1 Å². The molecule has 0 aliphatic rings. The monoisotopic (exact) mass is 407 g/mol. The van der Waals surface area contributed by atoms with Gasteiger partial charge in [0.25, 0.3) is 5.91 Å². The first-order chi connectivity index (χ1) is 11.9. The van der Waals surface area contributed by atoms with Crippen LogP contribution in [0.1, 0.15) is 40.9 Å². The van der Waals surface area contributed by atoms with Crippen molar-refractivity contribution in [3.05, 3.63) is 69.4 Å². The second-order valence-corrected chi connectivity index (χ2v) is 6.56. The molecule has 2 aromatic rings. The number of amides is 1. The quantitative estimate of drug-likeness (QED) is 0.725. The number of aryl methyl sites for hydroxylation is 1. The highest BCUT2D eigenvalue weighted by atomic mass is 79.9. The Balaban J connectivity index is 1.92. The normalized spacial score (nSPS) is 11.7. The second kappa shape index (κ2) is 8.76. The standard InChI is InChI=1S/C19H19BrFNO3/c1-3-17(13-6-4-12(2)5-7-13)22-18(23)11-25-19(24)15-9-8-14(20)10-16(15)21/h4-10,17H,3,11H2,1-2H3,(H,22,23)/t17-/m1/s1. The van der Waals surface area contributed by atoms with Crippen molar-refractivity contribution >= 4 is 27.8 Å². The van der Waals surface area contributed by atoms with Crippen LogP contribution < -0.4 is 5.32 Å². The maximum atomic E-state index is 13.7. The van der Waals surface area contributed by atoms with Gasteiger partial charge in [0.2, 0.25) is 0 Å². The topological polar surface area (TPSA) is 55.4 Å². The van der Waals surface area contributed by atoms with Crippen molar-refractivity contribution in [1.82, 2.24) is 5.32 Å².